The van der Waals surface area contributed by atoms with Gasteiger partial charge in [0.15, 0.2) is 0 Å². The molecular formula is C14H16N2O2. The molecule has 4 heteroatoms. The van der Waals surface area contributed by atoms with Gasteiger partial charge >= 0.3 is 5.97 Å². The second-order valence-electron chi connectivity index (χ2n) is 3.49. The van der Waals surface area contributed by atoms with Crippen LogP contribution >= 0.6 is 0 Å². The fourth-order valence-corrected chi connectivity index (χ4v) is 1.46. The highest BCUT2D eigenvalue weighted by Gasteiger charge is 1.94. The molecule has 2 aromatic rings. The molecule has 0 heterocycles. The van der Waals surface area contributed by atoms with Crippen LogP contribution in [0.2, 0.25) is 0 Å². The fraction of sp³-hybridized carbons (Fsp3) is 0.143. The number of hydrogen-bond donors (Lipinski definition) is 2. The summed E-state index contributed by atoms with van der Waals surface area (Å²) in [6.45, 7) is -0.0312. The zero-order chi connectivity index (χ0) is 13.4. The van der Waals surface area contributed by atoms with Gasteiger partial charge in [-0.05, 0) is 16.3 Å². The highest BCUT2D eigenvalue weighted by Crippen LogP contribution is 2.16. The molecule has 0 aliphatic rings. The minimum Gasteiger partial charge on any atom is -0.468 e. The van der Waals surface area contributed by atoms with E-state index in [-0.39, 0.29) is 12.5 Å². The van der Waals surface area contributed by atoms with Gasteiger partial charge in [0.05, 0.1) is 13.7 Å². The van der Waals surface area contributed by atoms with E-state index in [9.17, 15) is 4.79 Å². The molecule has 18 heavy (non-hydrogen) atoms. The molecular weight excluding hydrogens is 228 g/mol. The summed E-state index contributed by atoms with van der Waals surface area (Å²) in [6, 6.07) is 14.1. The molecule has 3 N–H and O–H groups in total. The monoisotopic (exact) mass is 244 g/mol. The lowest BCUT2D eigenvalue weighted by Gasteiger charge is -1.99. The molecule has 0 radical (unpaired) electrons. The molecule has 0 amide bonds. The normalized spacial score (nSPS) is 9.22. The van der Waals surface area contributed by atoms with E-state index in [4.69, 9.17) is 11.1 Å². The summed E-state index contributed by atoms with van der Waals surface area (Å²) in [5.74, 6) is -0.380. The average Bonchev–Trinajstić information content (AvgIpc) is 2.46. The van der Waals surface area contributed by atoms with E-state index < -0.39 is 0 Å². The number of carbonyl (C=O) groups excluding carboxylic acids is 1. The van der Waals surface area contributed by atoms with Gasteiger partial charge in [-0.1, -0.05) is 42.5 Å². The molecule has 2 aromatic carbocycles. The molecule has 0 fully saturated rings. The maximum absolute atomic E-state index is 9.83. The summed E-state index contributed by atoms with van der Waals surface area (Å²) in [6.07, 6.45) is 1.39. The van der Waals surface area contributed by atoms with Crippen LogP contribution in [0.5, 0.6) is 0 Å². The summed E-state index contributed by atoms with van der Waals surface area (Å²) in [7, 11) is 1.30. The first-order valence-electron chi connectivity index (χ1n) is 5.48. The number of hydrogen-bond acceptors (Lipinski definition) is 4. The highest BCUT2D eigenvalue weighted by atomic mass is 16.5. The molecule has 0 unspecified atom stereocenters. The van der Waals surface area contributed by atoms with Gasteiger partial charge in [-0.3, -0.25) is 4.79 Å². The molecule has 0 bridgehead atoms. The van der Waals surface area contributed by atoms with Crippen molar-refractivity contribution in [2.45, 2.75) is 0 Å². The molecule has 0 atom stereocenters. The number of rotatable bonds is 2. The van der Waals surface area contributed by atoms with Crippen LogP contribution in [0.4, 0.5) is 0 Å². The van der Waals surface area contributed by atoms with Crippen molar-refractivity contribution in [2.24, 2.45) is 5.73 Å². The quantitative estimate of drug-likeness (QED) is 0.626. The SMILES string of the molecule is COC(=O)CN.N=Cc1cccc2ccccc12. The molecule has 0 saturated carbocycles. The van der Waals surface area contributed by atoms with Gasteiger partial charge in [0.1, 0.15) is 0 Å². The fourth-order valence-electron chi connectivity index (χ4n) is 1.46. The van der Waals surface area contributed by atoms with Crippen LogP contribution in [0, 0.1) is 5.41 Å². The Kier molecular flexibility index (Phi) is 5.54. The summed E-state index contributed by atoms with van der Waals surface area (Å²) in [5, 5.41) is 9.54. The number of benzene rings is 2. The summed E-state index contributed by atoms with van der Waals surface area (Å²) in [5.41, 5.74) is 5.79. The van der Waals surface area contributed by atoms with Crippen LogP contribution in [0.15, 0.2) is 42.5 Å². The molecule has 0 spiro atoms. The minimum atomic E-state index is -0.380. The van der Waals surface area contributed by atoms with Crippen molar-refractivity contribution in [2.75, 3.05) is 13.7 Å². The third kappa shape index (κ3) is 3.68. The number of ether oxygens (including phenoxy) is 1. The smallest absolute Gasteiger partial charge is 0.319 e. The van der Waals surface area contributed by atoms with Crippen LogP contribution in [-0.4, -0.2) is 25.8 Å². The minimum absolute atomic E-state index is 0.0312. The molecule has 4 nitrogen and oxygen atoms in total. The van der Waals surface area contributed by atoms with Crippen LogP contribution in [0.3, 0.4) is 0 Å². The second kappa shape index (κ2) is 7.19. The third-order valence-electron chi connectivity index (χ3n) is 2.37. The van der Waals surface area contributed by atoms with E-state index in [1.807, 2.05) is 30.3 Å². The lowest BCUT2D eigenvalue weighted by atomic mass is 10.1. The van der Waals surface area contributed by atoms with Gasteiger partial charge in [0, 0.05) is 6.21 Å². The van der Waals surface area contributed by atoms with Crippen LogP contribution < -0.4 is 5.73 Å². The molecule has 2 rings (SSSR count). The molecule has 0 aliphatic carbocycles. The predicted molar refractivity (Wildman–Crippen MR) is 72.9 cm³/mol. The number of fused-ring (bicyclic) bond motifs is 1. The van der Waals surface area contributed by atoms with Crippen molar-refractivity contribution in [3.8, 4) is 0 Å². The molecule has 0 aliphatic heterocycles. The number of nitrogens with one attached hydrogen (secondary N) is 1. The van der Waals surface area contributed by atoms with Gasteiger partial charge in [-0.15, -0.1) is 0 Å². The standard InChI is InChI=1S/C11H9N.C3H7NO2/c12-8-10-6-3-5-9-4-1-2-7-11(9)10;1-6-3(5)2-4/h1-8,12H;2,4H2,1H3. The van der Waals surface area contributed by atoms with Gasteiger partial charge in [-0.25, -0.2) is 0 Å². The van der Waals surface area contributed by atoms with Crippen molar-refractivity contribution in [3.63, 3.8) is 0 Å². The average molecular weight is 244 g/mol. The lowest BCUT2D eigenvalue weighted by molar-refractivity contribution is -0.138. The van der Waals surface area contributed by atoms with E-state index in [1.165, 1.54) is 18.7 Å². The van der Waals surface area contributed by atoms with Crippen molar-refractivity contribution in [1.29, 1.82) is 5.41 Å². The first-order chi connectivity index (χ1) is 8.72. The zero-order valence-corrected chi connectivity index (χ0v) is 10.2. The topological polar surface area (TPSA) is 76.2 Å². The molecule has 0 saturated heterocycles. The Labute approximate surface area is 106 Å². The second-order valence-corrected chi connectivity index (χ2v) is 3.49. The van der Waals surface area contributed by atoms with E-state index in [1.54, 1.807) is 0 Å². The van der Waals surface area contributed by atoms with Crippen LogP contribution in [-0.2, 0) is 9.53 Å². The largest absolute Gasteiger partial charge is 0.468 e. The van der Waals surface area contributed by atoms with E-state index in [2.05, 4.69) is 16.9 Å². The van der Waals surface area contributed by atoms with E-state index in [0.717, 1.165) is 10.9 Å². The maximum atomic E-state index is 9.83. The Morgan fingerprint density at radius 3 is 2.50 bits per heavy atom. The Morgan fingerprint density at radius 1 is 1.28 bits per heavy atom. The summed E-state index contributed by atoms with van der Waals surface area (Å²) < 4.78 is 4.14. The Morgan fingerprint density at radius 2 is 1.94 bits per heavy atom. The number of nitrogens with two attached hydrogens (primary N) is 1. The molecule has 94 valence electrons. The number of methoxy groups -OCH3 is 1. The Bertz CT molecular complexity index is 527. The van der Waals surface area contributed by atoms with Gasteiger partial charge in [-0.2, -0.15) is 0 Å². The summed E-state index contributed by atoms with van der Waals surface area (Å²) >= 11 is 0. The van der Waals surface area contributed by atoms with Crippen molar-refractivity contribution < 1.29 is 9.53 Å². The lowest BCUT2D eigenvalue weighted by Crippen LogP contribution is -2.14. The molecule has 0 aromatic heterocycles. The Balaban J connectivity index is 0.000000232. The Hall–Kier alpha value is -2.20. The van der Waals surface area contributed by atoms with Crippen molar-refractivity contribution >= 4 is 23.0 Å². The van der Waals surface area contributed by atoms with Crippen LogP contribution in [0.25, 0.3) is 10.8 Å². The number of carbonyl (C=O) groups is 1. The first-order valence-corrected chi connectivity index (χ1v) is 5.48. The summed E-state index contributed by atoms with van der Waals surface area (Å²) in [4.78, 5) is 9.83. The van der Waals surface area contributed by atoms with Crippen LogP contribution in [0.1, 0.15) is 5.56 Å². The van der Waals surface area contributed by atoms with Gasteiger partial charge in [0.2, 0.25) is 0 Å². The highest BCUT2D eigenvalue weighted by molar-refractivity contribution is 5.98. The zero-order valence-electron chi connectivity index (χ0n) is 10.2. The van der Waals surface area contributed by atoms with Gasteiger partial charge < -0.3 is 15.9 Å². The van der Waals surface area contributed by atoms with Crippen molar-refractivity contribution in [3.05, 3.63) is 48.0 Å². The van der Waals surface area contributed by atoms with Gasteiger partial charge in [0.25, 0.3) is 0 Å². The number of esters is 1. The van der Waals surface area contributed by atoms with E-state index in [0.29, 0.717) is 0 Å². The van der Waals surface area contributed by atoms with E-state index >= 15 is 0 Å². The van der Waals surface area contributed by atoms with Crippen molar-refractivity contribution in [1.82, 2.24) is 0 Å². The maximum Gasteiger partial charge on any atom is 0.319 e. The third-order valence-corrected chi connectivity index (χ3v) is 2.37. The first kappa shape index (κ1) is 13.9. The predicted octanol–water partition coefficient (Wildman–Crippen LogP) is 1.96.